The number of rotatable bonds is 58. The summed E-state index contributed by atoms with van der Waals surface area (Å²) in [6.45, 7) is 16.1. The first kappa shape index (κ1) is 106. The van der Waals surface area contributed by atoms with Gasteiger partial charge in [0.1, 0.15) is 84.6 Å². The van der Waals surface area contributed by atoms with Gasteiger partial charge in [0.25, 0.3) is 0 Å². The van der Waals surface area contributed by atoms with E-state index in [1.54, 1.807) is 85.9 Å². The molecule has 45 heteroatoms. The predicted octanol–water partition coefficient (Wildman–Crippen LogP) is -5.38. The second kappa shape index (κ2) is 53.5. The molecule has 1 heterocycles. The van der Waals surface area contributed by atoms with Gasteiger partial charge >= 0.3 is 23.9 Å². The van der Waals surface area contributed by atoms with E-state index in [9.17, 15) is 117 Å². The van der Waals surface area contributed by atoms with Crippen molar-refractivity contribution in [1.29, 1.82) is 5.41 Å². The lowest BCUT2D eigenvalue weighted by molar-refractivity contribution is -0.143. The van der Waals surface area contributed by atoms with E-state index in [0.717, 1.165) is 0 Å². The number of carbonyl (C=O) groups excluding carboxylic acids is 15. The Morgan fingerprint density at radius 1 is 0.418 bits per heavy atom. The molecule has 45 nitrogen and oxygen atoms in total. The molecule has 0 aliphatic rings. The third-order valence-electron chi connectivity index (χ3n) is 18.8. The minimum atomic E-state index is -1.91. The van der Waals surface area contributed by atoms with E-state index in [1.165, 1.54) is 20.8 Å². The van der Waals surface area contributed by atoms with Crippen molar-refractivity contribution in [2.75, 3.05) is 19.6 Å². The number of fused-ring (bicyclic) bond motifs is 1. The number of aliphatic hydroxyl groups excluding tert-OH is 1. The number of H-pyrrole nitrogens is 1. The quantitative estimate of drug-likeness (QED) is 0.0167. The van der Waals surface area contributed by atoms with E-state index in [0.29, 0.717) is 22.9 Å². The second-order valence-corrected chi connectivity index (χ2v) is 31.4. The lowest BCUT2D eigenvalue weighted by Gasteiger charge is -2.29. The number of aromatic nitrogens is 1. The number of aliphatic hydroxyl groups is 1. The molecule has 0 radical (unpaired) electrons. The van der Waals surface area contributed by atoms with Crippen LogP contribution >= 0.6 is 0 Å². The van der Waals surface area contributed by atoms with Crippen molar-refractivity contribution in [1.82, 2.24) is 84.7 Å². The van der Waals surface area contributed by atoms with Crippen molar-refractivity contribution in [2.24, 2.45) is 46.6 Å². The molecule has 2 aromatic rings. The Morgan fingerprint density at radius 3 is 1.25 bits per heavy atom. The topological polar surface area (TPSA) is 750 Å². The minimum absolute atomic E-state index is 0.00744. The largest absolute Gasteiger partial charge is 0.481 e. The first-order chi connectivity index (χ1) is 57.0. The molecular formula is C77H125N21O24. The Morgan fingerprint density at radius 2 is 0.811 bits per heavy atom. The van der Waals surface area contributed by atoms with Crippen LogP contribution < -0.4 is 103 Å². The number of hydrogen-bond acceptors (Lipinski definition) is 23. The summed E-state index contributed by atoms with van der Waals surface area (Å²) in [4.78, 5) is 259. The maximum Gasteiger partial charge on any atom is 0.326 e. The number of aliphatic carboxylic acids is 4. The van der Waals surface area contributed by atoms with Gasteiger partial charge in [0.05, 0.1) is 19.1 Å². The number of primary amides is 1. The number of amides is 15. The number of carboxylic acids is 4. The van der Waals surface area contributed by atoms with Crippen molar-refractivity contribution < 1.29 is 117 Å². The Balaban J connectivity index is 2.44. The zero-order valence-corrected chi connectivity index (χ0v) is 70.6. The third kappa shape index (κ3) is 39.8. The highest BCUT2D eigenvalue weighted by Gasteiger charge is 2.39. The molecule has 0 bridgehead atoms. The average Bonchev–Trinajstić information content (AvgIpc) is 1.46. The van der Waals surface area contributed by atoms with Crippen LogP contribution in [0.5, 0.6) is 0 Å². The number of nitrogens with one attached hydrogen (secondary N) is 17. The Hall–Kier alpha value is -12.2. The molecule has 682 valence electrons. The van der Waals surface area contributed by atoms with E-state index in [4.69, 9.17) is 28.3 Å². The summed E-state index contributed by atoms with van der Waals surface area (Å²) in [7, 11) is 0. The Labute approximate surface area is 705 Å². The van der Waals surface area contributed by atoms with Crippen LogP contribution in [0.25, 0.3) is 10.9 Å². The number of unbranched alkanes of at least 4 members (excludes halogenated alkanes) is 1. The summed E-state index contributed by atoms with van der Waals surface area (Å²) in [5, 5.41) is 93.7. The van der Waals surface area contributed by atoms with Crippen LogP contribution in [0.3, 0.4) is 0 Å². The van der Waals surface area contributed by atoms with Gasteiger partial charge in [0, 0.05) is 49.3 Å². The highest BCUT2D eigenvalue weighted by molar-refractivity contribution is 6.01. The maximum absolute atomic E-state index is 14.6. The smallest absolute Gasteiger partial charge is 0.326 e. The van der Waals surface area contributed by atoms with E-state index >= 15 is 0 Å². The minimum Gasteiger partial charge on any atom is -0.481 e. The summed E-state index contributed by atoms with van der Waals surface area (Å²) in [5.74, 6) is -23.8. The second-order valence-electron chi connectivity index (χ2n) is 31.4. The predicted molar refractivity (Wildman–Crippen MR) is 438 cm³/mol. The van der Waals surface area contributed by atoms with Crippen LogP contribution in [0.1, 0.15) is 178 Å². The van der Waals surface area contributed by atoms with Gasteiger partial charge in [-0.05, 0) is 133 Å². The van der Waals surface area contributed by atoms with Gasteiger partial charge in [0.15, 0.2) is 5.96 Å². The van der Waals surface area contributed by atoms with Crippen LogP contribution in [-0.2, 0) is 97.5 Å². The van der Waals surface area contributed by atoms with Crippen molar-refractivity contribution in [2.45, 2.75) is 270 Å². The monoisotopic (exact) mass is 1730 g/mol. The summed E-state index contributed by atoms with van der Waals surface area (Å²) in [6.07, 6.45) is -5.31. The van der Waals surface area contributed by atoms with Crippen molar-refractivity contribution in [3.8, 4) is 0 Å². The molecule has 0 fully saturated rings. The highest BCUT2D eigenvalue weighted by atomic mass is 16.4. The van der Waals surface area contributed by atoms with Crippen molar-refractivity contribution >= 4 is 129 Å². The number of carboxylic acid groups (broad SMARTS) is 4. The molecule has 0 unspecified atom stereocenters. The zero-order valence-electron chi connectivity index (χ0n) is 70.6. The number of hydrogen-bond donors (Lipinski definition) is 26. The van der Waals surface area contributed by atoms with Gasteiger partial charge in [-0.1, -0.05) is 73.6 Å². The van der Waals surface area contributed by atoms with Gasteiger partial charge < -0.3 is 133 Å². The standard InChI is InChI=1S/C77H125N21O24/c1-36(2)29-51(65(110)85-35-57(101)88-54(33-60(106)107)73(118)90-47(20-16-28-83-77(81)82)66(111)97-55(76(121)122)32-43-34-84-45-18-13-12-17-44(43)45)96-75(120)62(39(7)8)98-70(115)46(19-14-15-27-78)89-72(117)53(31-38(5)6)95-69(114)48(21-24-56(79)100)91-67(112)49(22-25-58(102)103)92-68(113)50(23-26-59(104)105)93-71(116)52(30-37(3)4)94-64(109)41(10)86-63(108)40(9)87-74(119)61(80)42(11)99/h12-13,17-18,34,36-42,46-55,61-62,84,99H,14-16,19-33,35,78,80H2,1-11H3,(H2,79,100)(H,85,110)(H,86,108)(H,87,119)(H,88,101)(H,89,117)(H,90,118)(H,91,112)(H,92,113)(H,93,116)(H,94,109)(H,95,114)(H,96,120)(H,97,111)(H,98,115)(H,102,103)(H,104,105)(H,106,107)(H,121,122)(H4,81,82,83)/t40-,41-,42+,46-,47-,48-,49-,50-,51-,52-,53-,54-,55-,61-,62-/m0/s1. The fourth-order valence-electron chi connectivity index (χ4n) is 12.2. The molecule has 0 aliphatic carbocycles. The molecule has 122 heavy (non-hydrogen) atoms. The van der Waals surface area contributed by atoms with Crippen LogP contribution in [0.2, 0.25) is 0 Å². The molecule has 0 spiro atoms. The van der Waals surface area contributed by atoms with Crippen LogP contribution in [0, 0.1) is 29.1 Å². The number of guanidine groups is 1. The summed E-state index contributed by atoms with van der Waals surface area (Å²) < 4.78 is 0. The molecule has 30 N–H and O–H groups in total. The third-order valence-corrected chi connectivity index (χ3v) is 18.8. The lowest BCUT2D eigenvalue weighted by atomic mass is 9.98. The molecule has 15 amide bonds. The van der Waals surface area contributed by atoms with Crippen LogP contribution in [0.15, 0.2) is 30.5 Å². The van der Waals surface area contributed by atoms with E-state index in [-0.39, 0.29) is 76.3 Å². The van der Waals surface area contributed by atoms with Gasteiger partial charge in [-0.25, -0.2) is 4.79 Å². The molecule has 1 aromatic carbocycles. The average molecular weight is 1730 g/mol. The number of benzene rings is 1. The van der Waals surface area contributed by atoms with Crippen LogP contribution in [0.4, 0.5) is 0 Å². The maximum atomic E-state index is 14.6. The first-order valence-corrected chi connectivity index (χ1v) is 40.2. The Bertz CT molecular complexity index is 3970. The summed E-state index contributed by atoms with van der Waals surface area (Å²) >= 11 is 0. The van der Waals surface area contributed by atoms with Gasteiger partial charge in [-0.3, -0.25) is 91.7 Å². The van der Waals surface area contributed by atoms with E-state index in [1.807, 2.05) is 0 Å². The van der Waals surface area contributed by atoms with Gasteiger partial charge in [0.2, 0.25) is 88.6 Å². The fourth-order valence-corrected chi connectivity index (χ4v) is 12.2. The molecule has 0 saturated carbocycles. The highest BCUT2D eigenvalue weighted by Crippen LogP contribution is 2.21. The molecular weight excluding hydrogens is 1600 g/mol. The summed E-state index contributed by atoms with van der Waals surface area (Å²) in [5.41, 5.74) is 23.6. The molecule has 0 saturated heterocycles. The molecule has 1 aromatic heterocycles. The van der Waals surface area contributed by atoms with Gasteiger partial charge in [-0.15, -0.1) is 0 Å². The van der Waals surface area contributed by atoms with E-state index < -0.39 is 272 Å². The SMILES string of the molecule is CC(C)C[C@H](NC(=O)[C@H](C)NC(=O)[C@H](C)NC(=O)[C@@H](N)[C@@H](C)O)C(=O)N[C@@H](CCC(=O)O)C(=O)N[C@@H](CCC(=O)O)C(=O)N[C@@H](CCC(N)=O)C(=O)N[C@@H](CC(C)C)C(=O)N[C@@H](CCCCN)C(=O)N[C@H](C(=O)N[C@@H](CC(C)C)C(=O)NCC(=O)N[C@@H](CC(=O)O)C(=O)N[C@@H](CCCNC(=N)N)C(=O)N[C@@H](Cc1c[nH]c2ccccc12)C(=O)O)C(C)C. The number of nitrogens with two attached hydrogens (primary N) is 4. The van der Waals surface area contributed by atoms with Gasteiger partial charge in [-0.2, -0.15) is 0 Å². The number of aromatic amines is 1. The zero-order chi connectivity index (χ0) is 92.5. The number of carbonyl (C=O) groups is 19. The number of para-hydroxylation sites is 1. The summed E-state index contributed by atoms with van der Waals surface area (Å²) in [6, 6.07) is -15.0. The molecule has 0 aliphatic heterocycles. The lowest BCUT2D eigenvalue weighted by Crippen LogP contribution is -2.61. The Kier molecular flexibility index (Phi) is 46.4. The molecule has 2 rings (SSSR count). The van der Waals surface area contributed by atoms with Crippen molar-refractivity contribution in [3.05, 3.63) is 36.0 Å². The first-order valence-electron chi connectivity index (χ1n) is 40.2. The fraction of sp³-hybridized carbons (Fsp3) is 0.636. The molecule has 15 atom stereocenters. The normalized spacial score (nSPS) is 14.9. The van der Waals surface area contributed by atoms with Crippen LogP contribution in [-0.4, -0.2) is 259 Å². The van der Waals surface area contributed by atoms with Crippen molar-refractivity contribution in [3.63, 3.8) is 0 Å². The van der Waals surface area contributed by atoms with E-state index in [2.05, 4.69) is 84.7 Å².